The molecule has 1 aromatic heterocycles. The Kier molecular flexibility index (Phi) is 4.58. The standard InChI is InChI=1S/C16H20N2O2/c1-4-17-12(3)13-6-8-14(9-7-13)18-16(19)15-10-5-11(2)20-15/h5-10,12,17H,4H2,1-3H3,(H,18,19). The van der Waals surface area contributed by atoms with Crippen LogP contribution in [0.5, 0.6) is 0 Å². The second-order valence-corrected chi connectivity index (χ2v) is 4.77. The highest BCUT2D eigenvalue weighted by atomic mass is 16.3. The van der Waals surface area contributed by atoms with Gasteiger partial charge in [-0.05, 0) is 50.2 Å². The van der Waals surface area contributed by atoms with Gasteiger partial charge < -0.3 is 15.1 Å². The number of nitrogens with one attached hydrogen (secondary N) is 2. The van der Waals surface area contributed by atoms with Gasteiger partial charge in [-0.15, -0.1) is 0 Å². The highest BCUT2D eigenvalue weighted by Crippen LogP contribution is 2.17. The lowest BCUT2D eigenvalue weighted by atomic mass is 10.1. The van der Waals surface area contributed by atoms with E-state index in [-0.39, 0.29) is 5.91 Å². The van der Waals surface area contributed by atoms with Crippen LogP contribution in [0.15, 0.2) is 40.8 Å². The molecular formula is C16H20N2O2. The van der Waals surface area contributed by atoms with E-state index in [2.05, 4.69) is 24.5 Å². The predicted octanol–water partition coefficient (Wildman–Crippen LogP) is 3.51. The van der Waals surface area contributed by atoms with Crippen molar-refractivity contribution in [1.82, 2.24) is 5.32 Å². The van der Waals surface area contributed by atoms with Crippen LogP contribution in [-0.4, -0.2) is 12.5 Å². The number of hydrogen-bond donors (Lipinski definition) is 2. The first kappa shape index (κ1) is 14.3. The summed E-state index contributed by atoms with van der Waals surface area (Å²) in [6, 6.07) is 11.6. The molecule has 20 heavy (non-hydrogen) atoms. The summed E-state index contributed by atoms with van der Waals surface area (Å²) in [7, 11) is 0. The third kappa shape index (κ3) is 3.48. The van der Waals surface area contributed by atoms with Gasteiger partial charge in [-0.2, -0.15) is 0 Å². The predicted molar refractivity (Wildman–Crippen MR) is 79.9 cm³/mol. The zero-order chi connectivity index (χ0) is 14.5. The minimum absolute atomic E-state index is 0.231. The van der Waals surface area contributed by atoms with Gasteiger partial charge >= 0.3 is 0 Å². The van der Waals surface area contributed by atoms with Gasteiger partial charge in [0.15, 0.2) is 5.76 Å². The SMILES string of the molecule is CCNC(C)c1ccc(NC(=O)c2ccc(C)o2)cc1. The largest absolute Gasteiger partial charge is 0.456 e. The van der Waals surface area contributed by atoms with Crippen LogP contribution < -0.4 is 10.6 Å². The molecule has 0 aliphatic rings. The van der Waals surface area contributed by atoms with Crippen molar-refractivity contribution in [3.8, 4) is 0 Å². The molecule has 1 heterocycles. The fourth-order valence-electron chi connectivity index (χ4n) is 2.03. The summed E-state index contributed by atoms with van der Waals surface area (Å²) in [5, 5.41) is 6.16. The molecule has 0 bridgehead atoms. The van der Waals surface area contributed by atoms with Crippen LogP contribution in [0.25, 0.3) is 0 Å². The van der Waals surface area contributed by atoms with E-state index in [0.29, 0.717) is 11.8 Å². The Morgan fingerprint density at radius 1 is 1.20 bits per heavy atom. The number of aryl methyl sites for hydroxylation is 1. The highest BCUT2D eigenvalue weighted by molar-refractivity contribution is 6.02. The normalized spacial score (nSPS) is 12.2. The van der Waals surface area contributed by atoms with Crippen LogP contribution >= 0.6 is 0 Å². The van der Waals surface area contributed by atoms with Crippen molar-refractivity contribution in [3.63, 3.8) is 0 Å². The molecule has 4 heteroatoms. The molecule has 1 amide bonds. The molecule has 0 saturated heterocycles. The third-order valence-electron chi connectivity index (χ3n) is 3.14. The van der Waals surface area contributed by atoms with Gasteiger partial charge in [0.25, 0.3) is 5.91 Å². The number of hydrogen-bond acceptors (Lipinski definition) is 3. The molecule has 2 aromatic rings. The van der Waals surface area contributed by atoms with Crippen LogP contribution in [0.3, 0.4) is 0 Å². The number of carbonyl (C=O) groups is 1. The van der Waals surface area contributed by atoms with Crippen molar-refractivity contribution in [2.24, 2.45) is 0 Å². The fraction of sp³-hybridized carbons (Fsp3) is 0.312. The van der Waals surface area contributed by atoms with Gasteiger partial charge in [0.1, 0.15) is 5.76 Å². The van der Waals surface area contributed by atoms with Crippen LogP contribution in [0, 0.1) is 6.92 Å². The Labute approximate surface area is 119 Å². The lowest BCUT2D eigenvalue weighted by Gasteiger charge is -2.13. The summed E-state index contributed by atoms with van der Waals surface area (Å²) >= 11 is 0. The molecule has 106 valence electrons. The van der Waals surface area contributed by atoms with Crippen molar-refractivity contribution in [3.05, 3.63) is 53.5 Å². The monoisotopic (exact) mass is 272 g/mol. The number of anilines is 1. The molecule has 2 N–H and O–H groups in total. The number of carbonyl (C=O) groups excluding carboxylic acids is 1. The maximum atomic E-state index is 11.9. The van der Waals surface area contributed by atoms with E-state index in [1.54, 1.807) is 12.1 Å². The van der Waals surface area contributed by atoms with Gasteiger partial charge in [-0.25, -0.2) is 0 Å². The molecule has 0 aliphatic carbocycles. The van der Waals surface area contributed by atoms with Crippen molar-refractivity contribution in [1.29, 1.82) is 0 Å². The second-order valence-electron chi connectivity index (χ2n) is 4.77. The molecule has 0 aliphatic heterocycles. The first-order valence-electron chi connectivity index (χ1n) is 6.81. The maximum Gasteiger partial charge on any atom is 0.291 e. The van der Waals surface area contributed by atoms with E-state index in [0.717, 1.165) is 18.0 Å². The molecule has 0 radical (unpaired) electrons. The van der Waals surface area contributed by atoms with Gasteiger partial charge in [0.2, 0.25) is 0 Å². The van der Waals surface area contributed by atoms with Crippen LogP contribution in [0.1, 0.15) is 41.8 Å². The first-order chi connectivity index (χ1) is 9.60. The summed E-state index contributed by atoms with van der Waals surface area (Å²) in [6.45, 7) is 6.93. The molecule has 0 saturated carbocycles. The van der Waals surface area contributed by atoms with Crippen LogP contribution in [0.4, 0.5) is 5.69 Å². The Hall–Kier alpha value is -2.07. The molecular weight excluding hydrogens is 252 g/mol. The van der Waals surface area contributed by atoms with Crippen LogP contribution in [-0.2, 0) is 0 Å². The molecule has 2 rings (SSSR count). The second kappa shape index (κ2) is 6.39. The summed E-state index contributed by atoms with van der Waals surface area (Å²) in [6.07, 6.45) is 0. The Morgan fingerprint density at radius 3 is 2.45 bits per heavy atom. The van der Waals surface area contributed by atoms with Gasteiger partial charge in [0.05, 0.1) is 0 Å². The zero-order valence-electron chi connectivity index (χ0n) is 12.1. The van der Waals surface area contributed by atoms with Gasteiger partial charge in [-0.3, -0.25) is 4.79 Å². The lowest BCUT2D eigenvalue weighted by molar-refractivity contribution is 0.0995. The Balaban J connectivity index is 2.02. The number of benzene rings is 1. The minimum atomic E-state index is -0.231. The van der Waals surface area contributed by atoms with Crippen molar-refractivity contribution in [2.75, 3.05) is 11.9 Å². The Bertz CT molecular complexity index is 572. The van der Waals surface area contributed by atoms with E-state index in [1.807, 2.05) is 31.2 Å². The quantitative estimate of drug-likeness (QED) is 0.875. The topological polar surface area (TPSA) is 54.3 Å². The zero-order valence-corrected chi connectivity index (χ0v) is 12.1. The molecule has 0 fully saturated rings. The van der Waals surface area contributed by atoms with E-state index >= 15 is 0 Å². The fourth-order valence-corrected chi connectivity index (χ4v) is 2.03. The minimum Gasteiger partial charge on any atom is -0.456 e. The average Bonchev–Trinajstić information content (AvgIpc) is 2.86. The summed E-state index contributed by atoms with van der Waals surface area (Å²) < 4.78 is 5.29. The summed E-state index contributed by atoms with van der Waals surface area (Å²) in [5.74, 6) is 0.822. The van der Waals surface area contributed by atoms with Crippen molar-refractivity contribution >= 4 is 11.6 Å². The molecule has 1 unspecified atom stereocenters. The molecule has 4 nitrogen and oxygen atoms in total. The number of amides is 1. The van der Waals surface area contributed by atoms with Crippen LogP contribution in [0.2, 0.25) is 0 Å². The molecule has 0 spiro atoms. The summed E-state index contributed by atoms with van der Waals surface area (Å²) in [4.78, 5) is 11.9. The highest BCUT2D eigenvalue weighted by Gasteiger charge is 2.10. The van der Waals surface area contributed by atoms with Crippen molar-refractivity contribution in [2.45, 2.75) is 26.8 Å². The number of rotatable bonds is 5. The third-order valence-corrected chi connectivity index (χ3v) is 3.14. The van der Waals surface area contributed by atoms with Gasteiger partial charge in [-0.1, -0.05) is 19.1 Å². The Morgan fingerprint density at radius 2 is 1.90 bits per heavy atom. The number of furan rings is 1. The molecule has 1 aromatic carbocycles. The smallest absolute Gasteiger partial charge is 0.291 e. The average molecular weight is 272 g/mol. The van der Waals surface area contributed by atoms with E-state index in [1.165, 1.54) is 5.56 Å². The van der Waals surface area contributed by atoms with E-state index < -0.39 is 0 Å². The van der Waals surface area contributed by atoms with Crippen molar-refractivity contribution < 1.29 is 9.21 Å². The van der Waals surface area contributed by atoms with E-state index in [9.17, 15) is 4.79 Å². The van der Waals surface area contributed by atoms with Gasteiger partial charge in [0, 0.05) is 11.7 Å². The first-order valence-corrected chi connectivity index (χ1v) is 6.81. The lowest BCUT2D eigenvalue weighted by Crippen LogP contribution is -2.17. The molecule has 1 atom stereocenters. The van der Waals surface area contributed by atoms with E-state index in [4.69, 9.17) is 4.42 Å². The summed E-state index contributed by atoms with van der Waals surface area (Å²) in [5.41, 5.74) is 1.95. The maximum absolute atomic E-state index is 11.9.